The fourth-order valence-corrected chi connectivity index (χ4v) is 3.41. The predicted molar refractivity (Wildman–Crippen MR) is 72.8 cm³/mol. The molecule has 0 spiro atoms. The Morgan fingerprint density at radius 2 is 2.18 bits per heavy atom. The highest BCUT2D eigenvalue weighted by Gasteiger charge is 2.32. The van der Waals surface area contributed by atoms with Crippen LogP contribution in [0.4, 0.5) is 0 Å². The molecule has 2 aliphatic heterocycles. The van der Waals surface area contributed by atoms with E-state index in [9.17, 15) is 9.59 Å². The second-order valence-corrected chi connectivity index (χ2v) is 5.58. The van der Waals surface area contributed by atoms with Gasteiger partial charge in [0, 0.05) is 46.5 Å². The van der Waals surface area contributed by atoms with Crippen LogP contribution in [0.5, 0.6) is 0 Å². The maximum absolute atomic E-state index is 11.8. The van der Waals surface area contributed by atoms with Crippen LogP contribution in [0, 0.1) is 5.92 Å². The van der Waals surface area contributed by atoms with E-state index in [1.807, 2.05) is 10.6 Å². The molecule has 0 N–H and O–H groups in total. The van der Waals surface area contributed by atoms with Gasteiger partial charge in [0.1, 0.15) is 0 Å². The van der Waals surface area contributed by atoms with Crippen molar-refractivity contribution in [3.05, 3.63) is 37.8 Å². The molecule has 2 aliphatic rings. The van der Waals surface area contributed by atoms with E-state index in [4.69, 9.17) is 0 Å². The zero-order chi connectivity index (χ0) is 12.0. The first-order valence-corrected chi connectivity index (χ1v) is 6.56. The molecule has 0 saturated carbocycles. The number of carbonyl (C=O) groups is 1. The average molecular weight is 342 g/mol. The highest BCUT2D eigenvalue weighted by molar-refractivity contribution is 14.1. The van der Waals surface area contributed by atoms with Crippen molar-refractivity contribution in [2.45, 2.75) is 6.54 Å². The van der Waals surface area contributed by atoms with Crippen LogP contribution in [0.25, 0.3) is 5.57 Å². The lowest BCUT2D eigenvalue weighted by atomic mass is 9.93. The van der Waals surface area contributed by atoms with Crippen molar-refractivity contribution in [2.24, 2.45) is 5.92 Å². The number of rotatable bonds is 1. The SMILES string of the molecule is O=CN1CC2=C(I)C(C1)Cn1c2cccc1=O. The zero-order valence-electron chi connectivity index (χ0n) is 9.10. The molecule has 0 fully saturated rings. The Balaban J connectivity index is 2.18. The lowest BCUT2D eigenvalue weighted by Crippen LogP contribution is -2.42. The first-order valence-electron chi connectivity index (χ1n) is 5.49. The second kappa shape index (κ2) is 3.97. The van der Waals surface area contributed by atoms with E-state index in [1.54, 1.807) is 17.0 Å². The fraction of sp³-hybridized carbons (Fsp3) is 0.333. The Kier molecular flexibility index (Phi) is 2.57. The van der Waals surface area contributed by atoms with Crippen LogP contribution in [-0.2, 0) is 11.3 Å². The maximum Gasteiger partial charge on any atom is 0.251 e. The summed E-state index contributed by atoms with van der Waals surface area (Å²) in [5, 5.41) is 0. The van der Waals surface area contributed by atoms with Crippen molar-refractivity contribution in [1.82, 2.24) is 9.47 Å². The number of pyridine rings is 1. The van der Waals surface area contributed by atoms with Crippen molar-refractivity contribution in [3.8, 4) is 0 Å². The van der Waals surface area contributed by atoms with E-state index in [1.165, 1.54) is 3.58 Å². The highest BCUT2D eigenvalue weighted by Crippen LogP contribution is 2.38. The van der Waals surface area contributed by atoms with Crippen LogP contribution in [0.3, 0.4) is 0 Å². The topological polar surface area (TPSA) is 42.3 Å². The molecule has 5 heteroatoms. The van der Waals surface area contributed by atoms with Gasteiger partial charge in [-0.1, -0.05) is 6.07 Å². The molecular weight excluding hydrogens is 331 g/mol. The summed E-state index contributed by atoms with van der Waals surface area (Å²) < 4.78 is 3.12. The Morgan fingerprint density at radius 1 is 1.35 bits per heavy atom. The molecule has 1 unspecified atom stereocenters. The first kappa shape index (κ1) is 11.0. The number of hydrogen-bond donors (Lipinski definition) is 0. The minimum absolute atomic E-state index is 0.0495. The fourth-order valence-electron chi connectivity index (χ4n) is 2.57. The van der Waals surface area contributed by atoms with Crippen LogP contribution in [0.2, 0.25) is 0 Å². The third-order valence-electron chi connectivity index (χ3n) is 3.37. The maximum atomic E-state index is 11.8. The van der Waals surface area contributed by atoms with Crippen LogP contribution in [-0.4, -0.2) is 29.0 Å². The average Bonchev–Trinajstić information content (AvgIpc) is 2.31. The Bertz CT molecular complexity index is 576. The van der Waals surface area contributed by atoms with Gasteiger partial charge in [0.25, 0.3) is 5.56 Å². The summed E-state index contributed by atoms with van der Waals surface area (Å²) in [6.07, 6.45) is 0.896. The molecule has 3 rings (SSSR count). The minimum atomic E-state index is 0.0495. The molecule has 1 atom stereocenters. The largest absolute Gasteiger partial charge is 0.340 e. The number of hydrogen-bond acceptors (Lipinski definition) is 2. The van der Waals surface area contributed by atoms with Crippen molar-refractivity contribution >= 4 is 34.6 Å². The number of carbonyl (C=O) groups excluding carboxylic acids is 1. The van der Waals surface area contributed by atoms with Gasteiger partial charge in [0.15, 0.2) is 0 Å². The highest BCUT2D eigenvalue weighted by atomic mass is 127. The van der Waals surface area contributed by atoms with Gasteiger partial charge in [0.2, 0.25) is 6.41 Å². The zero-order valence-corrected chi connectivity index (χ0v) is 11.3. The Hall–Kier alpha value is -1.11. The molecule has 1 aromatic rings. The Labute approximate surface area is 112 Å². The summed E-state index contributed by atoms with van der Waals surface area (Å²) in [6, 6.07) is 5.33. The number of fused-ring (bicyclic) bond motifs is 3. The van der Waals surface area contributed by atoms with Gasteiger partial charge in [-0.15, -0.1) is 0 Å². The van der Waals surface area contributed by atoms with Gasteiger partial charge in [0.05, 0.1) is 0 Å². The van der Waals surface area contributed by atoms with Crippen molar-refractivity contribution in [2.75, 3.05) is 13.1 Å². The number of nitrogens with zero attached hydrogens (tertiary/aromatic N) is 2. The van der Waals surface area contributed by atoms with Gasteiger partial charge in [-0.3, -0.25) is 9.59 Å². The molecule has 3 heterocycles. The summed E-state index contributed by atoms with van der Waals surface area (Å²) in [6.45, 7) is 2.01. The molecule has 0 aromatic carbocycles. The molecule has 0 radical (unpaired) electrons. The summed E-state index contributed by atoms with van der Waals surface area (Å²) in [5.74, 6) is 0.275. The van der Waals surface area contributed by atoms with E-state index < -0.39 is 0 Å². The lowest BCUT2D eigenvalue weighted by molar-refractivity contribution is -0.118. The van der Waals surface area contributed by atoms with Gasteiger partial charge >= 0.3 is 0 Å². The van der Waals surface area contributed by atoms with Gasteiger partial charge in [-0.05, 0) is 28.7 Å². The third-order valence-corrected chi connectivity index (χ3v) is 4.91. The molecule has 4 nitrogen and oxygen atoms in total. The third kappa shape index (κ3) is 1.64. The molecule has 0 saturated heterocycles. The van der Waals surface area contributed by atoms with E-state index in [2.05, 4.69) is 22.6 Å². The minimum Gasteiger partial charge on any atom is -0.340 e. The van der Waals surface area contributed by atoms with Crippen LogP contribution < -0.4 is 5.56 Å². The molecule has 17 heavy (non-hydrogen) atoms. The second-order valence-electron chi connectivity index (χ2n) is 4.42. The van der Waals surface area contributed by atoms with E-state index in [0.29, 0.717) is 19.6 Å². The van der Waals surface area contributed by atoms with Gasteiger partial charge < -0.3 is 9.47 Å². The lowest BCUT2D eigenvalue weighted by Gasteiger charge is -2.37. The molecule has 1 aromatic heterocycles. The summed E-state index contributed by atoms with van der Waals surface area (Å²) in [4.78, 5) is 24.5. The standard InChI is InChI=1S/C12H11IN2O2/c13-12-8-4-14(7-16)6-9(12)10-2-1-3-11(17)15(10)5-8/h1-3,7-8H,4-6H2. The smallest absolute Gasteiger partial charge is 0.251 e. The number of halogens is 1. The van der Waals surface area contributed by atoms with Crippen LogP contribution >= 0.6 is 22.6 Å². The quantitative estimate of drug-likeness (QED) is 0.567. The van der Waals surface area contributed by atoms with Crippen LogP contribution in [0.15, 0.2) is 26.6 Å². The van der Waals surface area contributed by atoms with Crippen LogP contribution in [0.1, 0.15) is 5.69 Å². The van der Waals surface area contributed by atoms with Crippen molar-refractivity contribution < 1.29 is 4.79 Å². The van der Waals surface area contributed by atoms with Crippen molar-refractivity contribution in [3.63, 3.8) is 0 Å². The summed E-state index contributed by atoms with van der Waals surface area (Å²) >= 11 is 2.35. The summed E-state index contributed by atoms with van der Waals surface area (Å²) in [5.41, 5.74) is 2.14. The van der Waals surface area contributed by atoms with E-state index >= 15 is 0 Å². The van der Waals surface area contributed by atoms with E-state index in [-0.39, 0.29) is 11.5 Å². The van der Waals surface area contributed by atoms with Gasteiger partial charge in [-0.25, -0.2) is 0 Å². The summed E-state index contributed by atoms with van der Waals surface area (Å²) in [7, 11) is 0. The molecule has 1 amide bonds. The molecule has 0 aliphatic carbocycles. The monoisotopic (exact) mass is 342 g/mol. The number of amides is 1. The predicted octanol–water partition coefficient (Wildman–Crippen LogP) is 1.10. The molecular formula is C12H11IN2O2. The molecule has 88 valence electrons. The normalized spacial score (nSPS) is 22.4. The number of aromatic nitrogens is 1. The molecule has 2 bridgehead atoms. The van der Waals surface area contributed by atoms with Gasteiger partial charge in [-0.2, -0.15) is 0 Å². The van der Waals surface area contributed by atoms with Crippen molar-refractivity contribution in [1.29, 1.82) is 0 Å². The Morgan fingerprint density at radius 3 is 2.94 bits per heavy atom. The van der Waals surface area contributed by atoms with E-state index in [0.717, 1.165) is 17.7 Å². The first-order chi connectivity index (χ1) is 8.20.